The number of aromatic amines is 1. The van der Waals surface area contributed by atoms with E-state index in [0.29, 0.717) is 18.0 Å². The first kappa shape index (κ1) is 18.8. The van der Waals surface area contributed by atoms with E-state index >= 15 is 0 Å². The molecule has 0 aliphatic carbocycles. The van der Waals surface area contributed by atoms with Crippen LogP contribution in [-0.2, 0) is 0 Å². The molecule has 2 N–H and O–H groups in total. The summed E-state index contributed by atoms with van der Waals surface area (Å²) in [5.41, 5.74) is 6.31. The molecule has 1 aromatic carbocycles. The molecule has 158 valence electrons. The van der Waals surface area contributed by atoms with Crippen molar-refractivity contribution in [3.63, 3.8) is 0 Å². The van der Waals surface area contributed by atoms with Crippen LogP contribution in [0.1, 0.15) is 19.3 Å². The minimum absolute atomic E-state index is 0.123. The maximum absolute atomic E-state index is 13.9. The fraction of sp³-hybridized carbons (Fsp3) is 0.333. The summed E-state index contributed by atoms with van der Waals surface area (Å²) in [6.07, 6.45) is 4.01. The normalized spacial score (nSPS) is 24.5. The minimum atomic E-state index is -2.67. The summed E-state index contributed by atoms with van der Waals surface area (Å²) in [4.78, 5) is 4.52. The third kappa shape index (κ3) is 3.26. The molecule has 7 nitrogen and oxygen atoms in total. The second kappa shape index (κ2) is 7.03. The number of nitrogens with one attached hydrogen (secondary N) is 2. The predicted octanol–water partition coefficient (Wildman–Crippen LogP) is 4.05. The van der Waals surface area contributed by atoms with Crippen LogP contribution in [0.5, 0.6) is 5.88 Å². The van der Waals surface area contributed by atoms with Gasteiger partial charge in [-0.15, -0.1) is 21.5 Å². The average Bonchev–Trinajstić information content (AvgIpc) is 3.49. The van der Waals surface area contributed by atoms with Crippen LogP contribution in [0.15, 0.2) is 42.2 Å². The Morgan fingerprint density at radius 3 is 2.77 bits per heavy atom. The lowest BCUT2D eigenvalue weighted by Gasteiger charge is -2.29. The Hall–Kier alpha value is -2.98. The van der Waals surface area contributed by atoms with E-state index in [-0.39, 0.29) is 25.0 Å². The molecular weight excluding hydrogens is 422 g/mol. The summed E-state index contributed by atoms with van der Waals surface area (Å²) >= 11 is 1.54. The molecule has 2 aliphatic rings. The van der Waals surface area contributed by atoms with E-state index in [1.165, 1.54) is 0 Å². The maximum atomic E-state index is 13.9. The molecule has 5 heterocycles. The number of H-pyrrole nitrogens is 1. The Bertz CT molecular complexity index is 1230. The van der Waals surface area contributed by atoms with Crippen LogP contribution in [0, 0.1) is 0 Å². The van der Waals surface area contributed by atoms with Crippen LogP contribution in [0.2, 0.25) is 0 Å². The number of alkyl halides is 2. The van der Waals surface area contributed by atoms with Crippen molar-refractivity contribution < 1.29 is 13.5 Å². The first-order valence-corrected chi connectivity index (χ1v) is 10.9. The number of hydrogen-bond donors (Lipinski definition) is 2. The van der Waals surface area contributed by atoms with Crippen molar-refractivity contribution >= 4 is 21.6 Å². The predicted molar refractivity (Wildman–Crippen MR) is 112 cm³/mol. The van der Waals surface area contributed by atoms with Crippen molar-refractivity contribution in [3.8, 4) is 28.3 Å². The number of nitrogens with zero attached hydrogens (tertiary/aromatic N) is 4. The summed E-state index contributed by atoms with van der Waals surface area (Å²) in [5, 5.41) is 18.4. The molecule has 3 aromatic heterocycles. The van der Waals surface area contributed by atoms with Crippen molar-refractivity contribution in [1.29, 1.82) is 0 Å². The second-order valence-corrected chi connectivity index (χ2v) is 8.88. The zero-order chi connectivity index (χ0) is 21.0. The quantitative estimate of drug-likeness (QED) is 0.498. The molecule has 0 saturated carbocycles. The summed E-state index contributed by atoms with van der Waals surface area (Å²) in [7, 11) is 0. The molecule has 2 fully saturated rings. The minimum Gasteiger partial charge on any atom is -0.473 e. The molecule has 0 spiro atoms. The highest BCUT2D eigenvalue weighted by Gasteiger charge is 2.53. The van der Waals surface area contributed by atoms with Crippen molar-refractivity contribution in [3.05, 3.63) is 42.2 Å². The third-order valence-electron chi connectivity index (χ3n) is 6.01. The summed E-state index contributed by atoms with van der Waals surface area (Å²) in [5.74, 6) is -2.31. The fourth-order valence-corrected chi connectivity index (χ4v) is 5.42. The summed E-state index contributed by atoms with van der Waals surface area (Å²) < 4.78 is 34.7. The Morgan fingerprint density at radius 2 is 2.00 bits per heavy atom. The van der Waals surface area contributed by atoms with Gasteiger partial charge in [0.1, 0.15) is 6.10 Å². The highest BCUT2D eigenvalue weighted by molar-refractivity contribution is 7.17. The van der Waals surface area contributed by atoms with Gasteiger partial charge in [0.15, 0.2) is 0 Å². The standard InChI is InChI=1S/C21H18F2N6OS/c22-21(23)7-12-5-13(6-17(21)27-12)30-18-4-3-16(28-29-18)15-2-1-14(11-8-25-26-9-11)19-20(15)31-10-24-19/h1-4,8-10,12-13,17,27H,5-7H2,(H,25,26)/t12-,13+,17+/m1/s1. The van der Waals surface area contributed by atoms with Crippen molar-refractivity contribution in [2.24, 2.45) is 0 Å². The molecule has 31 heavy (non-hydrogen) atoms. The van der Waals surface area contributed by atoms with Gasteiger partial charge in [-0.3, -0.25) is 5.10 Å². The molecule has 6 rings (SSSR count). The van der Waals surface area contributed by atoms with Crippen LogP contribution >= 0.6 is 11.3 Å². The van der Waals surface area contributed by atoms with Crippen molar-refractivity contribution in [1.82, 2.24) is 30.7 Å². The molecule has 2 aliphatic heterocycles. The zero-order valence-corrected chi connectivity index (χ0v) is 17.1. The van der Waals surface area contributed by atoms with E-state index in [0.717, 1.165) is 26.9 Å². The van der Waals surface area contributed by atoms with Gasteiger partial charge in [0.05, 0.1) is 33.7 Å². The number of thiazole rings is 1. The van der Waals surface area contributed by atoms with Crippen LogP contribution in [0.25, 0.3) is 32.6 Å². The van der Waals surface area contributed by atoms with Gasteiger partial charge in [0.25, 0.3) is 5.92 Å². The molecular formula is C21H18F2N6OS. The van der Waals surface area contributed by atoms with Crippen LogP contribution in [0.3, 0.4) is 0 Å². The fourth-order valence-electron chi connectivity index (χ4n) is 4.58. The van der Waals surface area contributed by atoms with Gasteiger partial charge in [-0.25, -0.2) is 13.8 Å². The van der Waals surface area contributed by atoms with Crippen molar-refractivity contribution in [2.45, 2.75) is 43.4 Å². The molecule has 0 amide bonds. The number of piperidine rings is 1. The Morgan fingerprint density at radius 1 is 1.10 bits per heavy atom. The maximum Gasteiger partial charge on any atom is 0.264 e. The number of aromatic nitrogens is 5. The van der Waals surface area contributed by atoms with E-state index in [4.69, 9.17) is 4.74 Å². The van der Waals surface area contributed by atoms with E-state index < -0.39 is 12.0 Å². The first-order valence-electron chi connectivity index (χ1n) is 10.1. The monoisotopic (exact) mass is 440 g/mol. The van der Waals surface area contributed by atoms with Gasteiger partial charge in [0.2, 0.25) is 5.88 Å². The first-order chi connectivity index (χ1) is 15.1. The largest absolute Gasteiger partial charge is 0.473 e. The Kier molecular flexibility index (Phi) is 4.25. The van der Waals surface area contributed by atoms with Gasteiger partial charge >= 0.3 is 0 Å². The molecule has 10 heteroatoms. The number of fused-ring (bicyclic) bond motifs is 3. The van der Waals surface area contributed by atoms with Crippen LogP contribution in [-0.4, -0.2) is 49.5 Å². The van der Waals surface area contributed by atoms with E-state index in [1.54, 1.807) is 23.6 Å². The van der Waals surface area contributed by atoms with Crippen molar-refractivity contribution in [2.75, 3.05) is 0 Å². The van der Waals surface area contributed by atoms with Gasteiger partial charge in [-0.2, -0.15) is 5.10 Å². The molecule has 0 radical (unpaired) electrons. The number of ether oxygens (including phenoxy) is 1. The second-order valence-electron chi connectivity index (χ2n) is 8.03. The highest BCUT2D eigenvalue weighted by Crippen LogP contribution is 2.40. The van der Waals surface area contributed by atoms with Gasteiger partial charge in [-0.1, -0.05) is 12.1 Å². The summed E-state index contributed by atoms with van der Waals surface area (Å²) in [6, 6.07) is 6.57. The smallest absolute Gasteiger partial charge is 0.264 e. The topological polar surface area (TPSA) is 88.6 Å². The van der Waals surface area contributed by atoms with E-state index in [1.807, 2.05) is 29.9 Å². The molecule has 4 aromatic rings. The van der Waals surface area contributed by atoms with Crippen LogP contribution in [0.4, 0.5) is 8.78 Å². The Balaban J connectivity index is 1.24. The van der Waals surface area contributed by atoms with Gasteiger partial charge < -0.3 is 10.1 Å². The molecule has 2 bridgehead atoms. The molecule has 3 atom stereocenters. The number of rotatable bonds is 4. The molecule has 0 unspecified atom stereocenters. The number of benzene rings is 1. The third-order valence-corrected chi connectivity index (χ3v) is 6.87. The van der Waals surface area contributed by atoms with E-state index in [2.05, 4.69) is 30.7 Å². The zero-order valence-electron chi connectivity index (χ0n) is 16.3. The lowest BCUT2D eigenvalue weighted by Crippen LogP contribution is -2.46. The van der Waals surface area contributed by atoms with Crippen LogP contribution < -0.4 is 10.1 Å². The lowest BCUT2D eigenvalue weighted by atomic mass is 10.0. The Labute approximate surface area is 179 Å². The summed E-state index contributed by atoms with van der Waals surface area (Å²) in [6.45, 7) is 0. The lowest BCUT2D eigenvalue weighted by molar-refractivity contribution is -0.0195. The average molecular weight is 440 g/mol. The van der Waals surface area contributed by atoms with Gasteiger partial charge in [0, 0.05) is 47.8 Å². The highest BCUT2D eigenvalue weighted by atomic mass is 32.1. The number of halogens is 2. The molecule has 2 saturated heterocycles. The van der Waals surface area contributed by atoms with Gasteiger partial charge in [-0.05, 0) is 12.5 Å². The number of hydrogen-bond acceptors (Lipinski definition) is 7. The van der Waals surface area contributed by atoms with E-state index in [9.17, 15) is 8.78 Å². The SMILES string of the molecule is FC1(F)C[C@H]2C[C@H](Oc3ccc(-c4ccc(-c5cn[nH]c5)c5ncsc45)nn3)C[C@@H]1N2.